The molecule has 0 spiro atoms. The average molecular weight is 325 g/mol. The number of rotatable bonds is 5. The Bertz CT molecular complexity index is 798. The highest BCUT2D eigenvalue weighted by atomic mass is 16.5. The van der Waals surface area contributed by atoms with Gasteiger partial charge in [-0.05, 0) is 24.9 Å². The van der Waals surface area contributed by atoms with Crippen molar-refractivity contribution in [2.24, 2.45) is 0 Å². The van der Waals surface area contributed by atoms with Crippen molar-refractivity contribution in [3.63, 3.8) is 0 Å². The largest absolute Gasteiger partial charge is 0.424 e. The summed E-state index contributed by atoms with van der Waals surface area (Å²) in [7, 11) is 0. The second kappa shape index (κ2) is 6.52. The summed E-state index contributed by atoms with van der Waals surface area (Å²) >= 11 is 0. The summed E-state index contributed by atoms with van der Waals surface area (Å²) in [6.07, 6.45) is 2.77. The van der Waals surface area contributed by atoms with Gasteiger partial charge in [-0.2, -0.15) is 4.98 Å². The molecule has 7 heteroatoms. The quantitative estimate of drug-likeness (QED) is 0.713. The van der Waals surface area contributed by atoms with Crippen LogP contribution < -0.4 is 0 Å². The molecule has 1 atom stereocenters. The third kappa shape index (κ3) is 3.21. The van der Waals surface area contributed by atoms with Crippen LogP contribution in [0.5, 0.6) is 0 Å². The molecule has 0 saturated carbocycles. The number of hydrogen-bond donors (Lipinski definition) is 0. The Morgan fingerprint density at radius 1 is 1.17 bits per heavy atom. The van der Waals surface area contributed by atoms with Gasteiger partial charge < -0.3 is 8.94 Å². The van der Waals surface area contributed by atoms with Crippen molar-refractivity contribution in [3.05, 3.63) is 59.4 Å². The van der Waals surface area contributed by atoms with E-state index in [0.29, 0.717) is 30.6 Å². The monoisotopic (exact) mass is 325 g/mol. The molecule has 2 aromatic heterocycles. The molecular formula is C17H19N5O2. The van der Waals surface area contributed by atoms with Crippen molar-refractivity contribution < 1.29 is 8.94 Å². The fourth-order valence-corrected chi connectivity index (χ4v) is 3.13. The second-order valence-electron chi connectivity index (χ2n) is 6.05. The lowest BCUT2D eigenvalue weighted by Crippen LogP contribution is -2.23. The fraction of sp³-hybridized carbons (Fsp3) is 0.412. The predicted octanol–water partition coefficient (Wildman–Crippen LogP) is 2.69. The van der Waals surface area contributed by atoms with E-state index >= 15 is 0 Å². The topological polar surface area (TPSA) is 81.1 Å². The summed E-state index contributed by atoms with van der Waals surface area (Å²) in [5.41, 5.74) is 1.16. The van der Waals surface area contributed by atoms with Crippen LogP contribution in [0, 0.1) is 6.92 Å². The molecule has 1 fully saturated rings. The summed E-state index contributed by atoms with van der Waals surface area (Å²) in [5, 5.41) is 12.4. The van der Waals surface area contributed by atoms with E-state index in [2.05, 4.69) is 37.4 Å². The molecule has 0 amide bonds. The van der Waals surface area contributed by atoms with Gasteiger partial charge in [0, 0.05) is 6.92 Å². The number of benzene rings is 1. The van der Waals surface area contributed by atoms with Crippen molar-refractivity contribution in [1.82, 2.24) is 25.2 Å². The molecule has 24 heavy (non-hydrogen) atoms. The number of aromatic nitrogens is 4. The van der Waals surface area contributed by atoms with Crippen LogP contribution in [0.25, 0.3) is 0 Å². The highest BCUT2D eigenvalue weighted by Crippen LogP contribution is 2.31. The zero-order valence-corrected chi connectivity index (χ0v) is 13.6. The predicted molar refractivity (Wildman–Crippen MR) is 85.0 cm³/mol. The lowest BCUT2D eigenvalue weighted by Gasteiger charge is -2.19. The maximum atomic E-state index is 5.81. The van der Waals surface area contributed by atoms with E-state index in [0.717, 1.165) is 30.8 Å². The van der Waals surface area contributed by atoms with E-state index in [1.165, 1.54) is 0 Å². The Hall–Kier alpha value is -2.54. The first-order chi connectivity index (χ1) is 11.8. The minimum atomic E-state index is 0.159. The number of hydrogen-bond acceptors (Lipinski definition) is 7. The van der Waals surface area contributed by atoms with Gasteiger partial charge in [0.25, 0.3) is 0 Å². The summed E-state index contributed by atoms with van der Waals surface area (Å²) in [6, 6.07) is 10.3. The molecule has 4 rings (SSSR count). The number of likely N-dealkylation sites (tertiary alicyclic amines) is 1. The Morgan fingerprint density at radius 2 is 2.00 bits per heavy atom. The van der Waals surface area contributed by atoms with Crippen molar-refractivity contribution in [2.45, 2.75) is 38.8 Å². The number of nitrogens with zero attached hydrogens (tertiary/aromatic N) is 5. The van der Waals surface area contributed by atoms with Crippen LogP contribution in [-0.4, -0.2) is 31.8 Å². The van der Waals surface area contributed by atoms with Crippen LogP contribution in [0.2, 0.25) is 0 Å². The van der Waals surface area contributed by atoms with Gasteiger partial charge in [0.1, 0.15) is 0 Å². The Labute approximate surface area is 139 Å². The summed E-state index contributed by atoms with van der Waals surface area (Å²) in [4.78, 5) is 6.63. The van der Waals surface area contributed by atoms with Gasteiger partial charge in [-0.1, -0.05) is 35.5 Å². The molecular weight excluding hydrogens is 306 g/mol. The lowest BCUT2D eigenvalue weighted by atomic mass is 10.2. The molecule has 124 valence electrons. The third-order valence-corrected chi connectivity index (χ3v) is 4.25. The normalized spacial score (nSPS) is 18.3. The molecule has 0 N–H and O–H groups in total. The molecule has 3 aromatic rings. The van der Waals surface area contributed by atoms with E-state index in [9.17, 15) is 0 Å². The molecule has 1 aliphatic heterocycles. The Balaban J connectivity index is 1.43. The summed E-state index contributed by atoms with van der Waals surface area (Å²) < 4.78 is 10.9. The van der Waals surface area contributed by atoms with Crippen molar-refractivity contribution in [2.75, 3.05) is 6.54 Å². The van der Waals surface area contributed by atoms with Gasteiger partial charge in [0.2, 0.25) is 17.7 Å². The third-order valence-electron chi connectivity index (χ3n) is 4.25. The van der Waals surface area contributed by atoms with Crippen molar-refractivity contribution >= 4 is 0 Å². The molecule has 3 heterocycles. The number of aryl methyl sites for hydroxylation is 1. The zero-order valence-electron chi connectivity index (χ0n) is 13.6. The highest BCUT2D eigenvalue weighted by Gasteiger charge is 2.30. The van der Waals surface area contributed by atoms with Gasteiger partial charge in [0.15, 0.2) is 5.82 Å². The summed E-state index contributed by atoms with van der Waals surface area (Å²) in [6.45, 7) is 3.39. The summed E-state index contributed by atoms with van der Waals surface area (Å²) in [5.74, 6) is 2.62. The van der Waals surface area contributed by atoms with Crippen LogP contribution in [0.3, 0.4) is 0 Å². The van der Waals surface area contributed by atoms with E-state index in [4.69, 9.17) is 8.94 Å². The van der Waals surface area contributed by atoms with Gasteiger partial charge in [0.05, 0.1) is 19.0 Å². The maximum Gasteiger partial charge on any atom is 0.230 e. The maximum absolute atomic E-state index is 5.81. The highest BCUT2D eigenvalue weighted by molar-refractivity contribution is 5.17. The fourth-order valence-electron chi connectivity index (χ4n) is 3.13. The van der Waals surface area contributed by atoms with Crippen LogP contribution in [0.4, 0.5) is 0 Å². The molecule has 0 radical (unpaired) electrons. The minimum Gasteiger partial charge on any atom is -0.424 e. The SMILES string of the molecule is Cc1nc([C@H]2CCCN2Cc2nnc(Cc3ccccc3)o2)no1. The average Bonchev–Trinajstić information content (AvgIpc) is 3.31. The zero-order chi connectivity index (χ0) is 16.4. The lowest BCUT2D eigenvalue weighted by molar-refractivity contribution is 0.210. The Morgan fingerprint density at radius 3 is 2.79 bits per heavy atom. The van der Waals surface area contributed by atoms with Gasteiger partial charge >= 0.3 is 0 Å². The first kappa shape index (κ1) is 15.0. The molecule has 1 saturated heterocycles. The first-order valence-corrected chi connectivity index (χ1v) is 8.17. The van der Waals surface area contributed by atoms with Crippen LogP contribution in [0.15, 0.2) is 39.3 Å². The van der Waals surface area contributed by atoms with Gasteiger partial charge in [-0.3, -0.25) is 4.90 Å². The van der Waals surface area contributed by atoms with E-state index in [-0.39, 0.29) is 6.04 Å². The first-order valence-electron chi connectivity index (χ1n) is 8.17. The van der Waals surface area contributed by atoms with E-state index in [1.54, 1.807) is 0 Å². The van der Waals surface area contributed by atoms with E-state index < -0.39 is 0 Å². The second-order valence-corrected chi connectivity index (χ2v) is 6.05. The van der Waals surface area contributed by atoms with E-state index in [1.807, 2.05) is 25.1 Å². The van der Waals surface area contributed by atoms with Crippen LogP contribution in [0.1, 0.15) is 47.9 Å². The molecule has 0 aliphatic carbocycles. The molecule has 1 aromatic carbocycles. The molecule has 0 unspecified atom stereocenters. The van der Waals surface area contributed by atoms with Crippen molar-refractivity contribution in [3.8, 4) is 0 Å². The van der Waals surface area contributed by atoms with Gasteiger partial charge in [-0.25, -0.2) is 0 Å². The van der Waals surface area contributed by atoms with Crippen LogP contribution >= 0.6 is 0 Å². The van der Waals surface area contributed by atoms with Gasteiger partial charge in [-0.15, -0.1) is 10.2 Å². The minimum absolute atomic E-state index is 0.159. The van der Waals surface area contributed by atoms with Crippen LogP contribution in [-0.2, 0) is 13.0 Å². The molecule has 7 nitrogen and oxygen atoms in total. The molecule has 1 aliphatic rings. The standard InChI is InChI=1S/C17H19N5O2/c1-12-18-17(21-24-12)14-8-5-9-22(14)11-16-20-19-15(23-16)10-13-6-3-2-4-7-13/h2-4,6-7,14H,5,8-11H2,1H3/t14-/m1/s1. The Kier molecular flexibility index (Phi) is 4.08. The van der Waals surface area contributed by atoms with Crippen molar-refractivity contribution in [1.29, 1.82) is 0 Å². The smallest absolute Gasteiger partial charge is 0.230 e. The molecule has 0 bridgehead atoms.